The van der Waals surface area contributed by atoms with Gasteiger partial charge in [0.05, 0.1) is 12.1 Å². The molecule has 0 radical (unpaired) electrons. The highest BCUT2D eigenvalue weighted by Gasteiger charge is 2.27. The van der Waals surface area contributed by atoms with Crippen LogP contribution >= 0.6 is 0 Å². The Morgan fingerprint density at radius 2 is 2.54 bits per heavy atom. The van der Waals surface area contributed by atoms with Crippen molar-refractivity contribution in [1.29, 1.82) is 0 Å². The number of rotatable bonds is 2. The predicted octanol–water partition coefficient (Wildman–Crippen LogP) is -0.0493. The van der Waals surface area contributed by atoms with Crippen LogP contribution in [0.1, 0.15) is 18.8 Å². The molecule has 0 aliphatic carbocycles. The van der Waals surface area contributed by atoms with Gasteiger partial charge < -0.3 is 15.0 Å². The van der Waals surface area contributed by atoms with Crippen LogP contribution in [0, 0.1) is 0 Å². The Morgan fingerprint density at radius 3 is 3.15 bits per heavy atom. The molecule has 1 saturated heterocycles. The highest BCUT2D eigenvalue weighted by Crippen LogP contribution is 2.17. The van der Waals surface area contributed by atoms with Gasteiger partial charge in [-0.25, -0.2) is 4.98 Å². The molecule has 4 nitrogen and oxygen atoms in total. The highest BCUT2D eigenvalue weighted by atomic mass is 16.3. The largest absolute Gasteiger partial charge is 0.390 e. The molecule has 0 amide bonds. The molecule has 13 heavy (non-hydrogen) atoms. The van der Waals surface area contributed by atoms with Crippen molar-refractivity contribution in [2.24, 2.45) is 0 Å². The summed E-state index contributed by atoms with van der Waals surface area (Å²) in [4.78, 5) is 4.24. The van der Waals surface area contributed by atoms with Crippen molar-refractivity contribution in [2.45, 2.75) is 25.5 Å². The van der Waals surface area contributed by atoms with Crippen LogP contribution in [-0.4, -0.2) is 33.9 Å². The molecule has 1 aliphatic heterocycles. The van der Waals surface area contributed by atoms with Gasteiger partial charge in [-0.15, -0.1) is 0 Å². The van der Waals surface area contributed by atoms with E-state index in [1.807, 2.05) is 6.20 Å². The molecule has 1 unspecified atom stereocenters. The minimum absolute atomic E-state index is 0.164. The molecule has 72 valence electrons. The van der Waals surface area contributed by atoms with Gasteiger partial charge >= 0.3 is 0 Å². The van der Waals surface area contributed by atoms with Crippen LogP contribution in [0.2, 0.25) is 0 Å². The van der Waals surface area contributed by atoms with Crippen molar-refractivity contribution in [3.8, 4) is 0 Å². The zero-order valence-electron chi connectivity index (χ0n) is 7.77. The van der Waals surface area contributed by atoms with Gasteiger partial charge in [-0.3, -0.25) is 0 Å². The number of nitrogens with zero attached hydrogens (tertiary/aromatic N) is 2. The zero-order chi connectivity index (χ0) is 9.26. The number of imidazole rings is 1. The molecule has 4 heteroatoms. The summed E-state index contributed by atoms with van der Waals surface area (Å²) in [5.74, 6) is 1.05. The van der Waals surface area contributed by atoms with Crippen molar-refractivity contribution >= 4 is 0 Å². The van der Waals surface area contributed by atoms with E-state index in [1.54, 1.807) is 6.20 Å². The molecule has 0 spiro atoms. The van der Waals surface area contributed by atoms with Crippen LogP contribution in [-0.2, 0) is 6.42 Å². The van der Waals surface area contributed by atoms with Crippen LogP contribution in [0.25, 0.3) is 0 Å². The quantitative estimate of drug-likeness (QED) is 0.672. The Bertz CT molecular complexity index is 284. The number of hydrogen-bond acceptors (Lipinski definition) is 3. The Morgan fingerprint density at radius 1 is 1.69 bits per heavy atom. The summed E-state index contributed by atoms with van der Waals surface area (Å²) in [5.41, 5.74) is 0. The summed E-state index contributed by atoms with van der Waals surface area (Å²) in [7, 11) is 0. The first kappa shape index (κ1) is 8.72. The first-order valence-corrected chi connectivity index (χ1v) is 4.73. The summed E-state index contributed by atoms with van der Waals surface area (Å²) in [6, 6.07) is 0.164. The fourth-order valence-corrected chi connectivity index (χ4v) is 1.85. The van der Waals surface area contributed by atoms with Gasteiger partial charge in [-0.1, -0.05) is 6.92 Å². The monoisotopic (exact) mass is 181 g/mol. The summed E-state index contributed by atoms with van der Waals surface area (Å²) in [6.45, 7) is 3.60. The normalized spacial score (nSPS) is 28.2. The van der Waals surface area contributed by atoms with Crippen molar-refractivity contribution in [3.63, 3.8) is 0 Å². The van der Waals surface area contributed by atoms with Gasteiger partial charge in [0.1, 0.15) is 5.82 Å². The summed E-state index contributed by atoms with van der Waals surface area (Å²) >= 11 is 0. The molecule has 0 bridgehead atoms. The summed E-state index contributed by atoms with van der Waals surface area (Å²) in [6.07, 6.45) is 4.37. The molecule has 2 atom stereocenters. The second kappa shape index (κ2) is 3.47. The van der Waals surface area contributed by atoms with Gasteiger partial charge in [-0.2, -0.15) is 0 Å². The molecular weight excluding hydrogens is 166 g/mol. The van der Waals surface area contributed by atoms with Crippen molar-refractivity contribution in [1.82, 2.24) is 14.9 Å². The number of aliphatic hydroxyl groups is 1. The first-order chi connectivity index (χ1) is 6.33. The first-order valence-electron chi connectivity index (χ1n) is 4.73. The van der Waals surface area contributed by atoms with Crippen LogP contribution in [0.15, 0.2) is 12.4 Å². The minimum Gasteiger partial charge on any atom is -0.390 e. The second-order valence-corrected chi connectivity index (χ2v) is 3.40. The van der Waals surface area contributed by atoms with Gasteiger partial charge in [0.25, 0.3) is 0 Å². The van der Waals surface area contributed by atoms with Crippen molar-refractivity contribution < 1.29 is 5.11 Å². The van der Waals surface area contributed by atoms with Gasteiger partial charge in [0.15, 0.2) is 0 Å². The van der Waals surface area contributed by atoms with Crippen molar-refractivity contribution in [2.75, 3.05) is 13.1 Å². The topological polar surface area (TPSA) is 50.1 Å². The molecule has 0 aromatic carbocycles. The van der Waals surface area contributed by atoms with Crippen LogP contribution < -0.4 is 5.32 Å². The van der Waals surface area contributed by atoms with E-state index in [9.17, 15) is 5.11 Å². The molecule has 1 aromatic rings. The van der Waals surface area contributed by atoms with Crippen molar-refractivity contribution in [3.05, 3.63) is 18.2 Å². The van der Waals surface area contributed by atoms with E-state index in [4.69, 9.17) is 0 Å². The highest BCUT2D eigenvalue weighted by molar-refractivity contribution is 4.99. The van der Waals surface area contributed by atoms with E-state index in [-0.39, 0.29) is 12.1 Å². The third kappa shape index (κ3) is 1.47. The van der Waals surface area contributed by atoms with Gasteiger partial charge in [0, 0.05) is 31.9 Å². The number of aliphatic hydroxyl groups excluding tert-OH is 1. The number of aromatic nitrogens is 2. The zero-order valence-corrected chi connectivity index (χ0v) is 7.77. The van der Waals surface area contributed by atoms with Crippen LogP contribution in [0.3, 0.4) is 0 Å². The third-order valence-corrected chi connectivity index (χ3v) is 2.57. The maximum atomic E-state index is 9.67. The van der Waals surface area contributed by atoms with Crippen LogP contribution in [0.4, 0.5) is 0 Å². The lowest BCUT2D eigenvalue weighted by Gasteiger charge is -2.17. The van der Waals surface area contributed by atoms with E-state index in [2.05, 4.69) is 21.8 Å². The Balaban J connectivity index is 2.23. The maximum Gasteiger partial charge on any atom is 0.108 e. The lowest BCUT2D eigenvalue weighted by Crippen LogP contribution is -2.23. The second-order valence-electron chi connectivity index (χ2n) is 3.40. The Hall–Kier alpha value is -0.870. The molecule has 1 aliphatic rings. The summed E-state index contributed by atoms with van der Waals surface area (Å²) < 4.78 is 2.07. The van der Waals surface area contributed by atoms with Gasteiger partial charge in [-0.05, 0) is 0 Å². The number of aryl methyl sites for hydroxylation is 1. The molecule has 2 N–H and O–H groups in total. The smallest absolute Gasteiger partial charge is 0.108 e. The van der Waals surface area contributed by atoms with E-state index >= 15 is 0 Å². The van der Waals surface area contributed by atoms with E-state index in [1.165, 1.54) is 0 Å². The lowest BCUT2D eigenvalue weighted by molar-refractivity contribution is 0.149. The fraction of sp³-hybridized carbons (Fsp3) is 0.667. The Labute approximate surface area is 77.6 Å². The number of hydrogen-bond donors (Lipinski definition) is 2. The molecule has 2 heterocycles. The van der Waals surface area contributed by atoms with E-state index in [0.717, 1.165) is 18.8 Å². The number of nitrogens with one attached hydrogen (secondary N) is 1. The maximum absolute atomic E-state index is 9.67. The van der Waals surface area contributed by atoms with Gasteiger partial charge in [0.2, 0.25) is 0 Å². The molecular formula is C9H15N3O. The Kier molecular flexibility index (Phi) is 2.33. The fourth-order valence-electron chi connectivity index (χ4n) is 1.85. The molecule has 0 saturated carbocycles. The summed E-state index contributed by atoms with van der Waals surface area (Å²) in [5, 5.41) is 12.8. The third-order valence-electron chi connectivity index (χ3n) is 2.57. The molecule has 2 rings (SSSR count). The van der Waals surface area contributed by atoms with E-state index in [0.29, 0.717) is 6.54 Å². The number of β-amino-alcohol motifs (C(OH)–C–C–N with tert-alkyl or cyclic N) is 1. The predicted molar refractivity (Wildman–Crippen MR) is 49.5 cm³/mol. The minimum atomic E-state index is -0.278. The molecule has 1 fully saturated rings. The SMILES string of the molecule is CCc1nccn1C1CNC[C@H]1O. The molecule has 1 aromatic heterocycles. The lowest BCUT2D eigenvalue weighted by atomic mass is 10.2. The van der Waals surface area contributed by atoms with Crippen LogP contribution in [0.5, 0.6) is 0 Å². The standard InChI is InChI=1S/C9H15N3O/c1-2-9-11-3-4-12(9)7-5-10-6-8(7)13/h3-4,7-8,10,13H,2,5-6H2,1H3/t7?,8-/m1/s1. The van der Waals surface area contributed by atoms with E-state index < -0.39 is 0 Å². The average Bonchev–Trinajstić information content (AvgIpc) is 2.71. The average molecular weight is 181 g/mol.